The number of hydrogen-bond acceptors (Lipinski definition) is 3. The standard InChI is InChI=1S/C22H26N2O/c1-25-21-9-5-8-19(16-21)22(17-23)13-10-20(11-14-22)24-15-12-18-6-3-2-4-7-18/h2-9,16,20,24H,10-15H2,1H3/t20-,22-. The van der Waals surface area contributed by atoms with Crippen LogP contribution in [0.5, 0.6) is 5.75 Å². The molecule has 3 heteroatoms. The van der Waals surface area contributed by atoms with Crippen LogP contribution in [0.2, 0.25) is 0 Å². The Kier molecular flexibility index (Phi) is 5.73. The summed E-state index contributed by atoms with van der Waals surface area (Å²) >= 11 is 0. The van der Waals surface area contributed by atoms with Crippen LogP contribution in [0.1, 0.15) is 36.8 Å². The van der Waals surface area contributed by atoms with Crippen molar-refractivity contribution in [2.24, 2.45) is 0 Å². The van der Waals surface area contributed by atoms with Crippen molar-refractivity contribution in [1.82, 2.24) is 5.32 Å². The summed E-state index contributed by atoms with van der Waals surface area (Å²) in [6.45, 7) is 0.993. The first-order valence-corrected chi connectivity index (χ1v) is 9.09. The van der Waals surface area contributed by atoms with Gasteiger partial charge in [-0.15, -0.1) is 0 Å². The number of ether oxygens (including phenoxy) is 1. The molecule has 1 fully saturated rings. The number of benzene rings is 2. The van der Waals surface area contributed by atoms with E-state index in [-0.39, 0.29) is 5.41 Å². The van der Waals surface area contributed by atoms with Crippen LogP contribution in [0.3, 0.4) is 0 Å². The van der Waals surface area contributed by atoms with E-state index in [1.54, 1.807) is 7.11 Å². The number of hydrogen-bond donors (Lipinski definition) is 1. The predicted molar refractivity (Wildman–Crippen MR) is 101 cm³/mol. The maximum atomic E-state index is 9.86. The van der Waals surface area contributed by atoms with E-state index >= 15 is 0 Å². The lowest BCUT2D eigenvalue weighted by atomic mass is 9.69. The highest BCUT2D eigenvalue weighted by Gasteiger charge is 2.37. The fourth-order valence-electron chi connectivity index (χ4n) is 3.77. The van der Waals surface area contributed by atoms with Gasteiger partial charge in [0.15, 0.2) is 0 Å². The van der Waals surface area contributed by atoms with Crippen LogP contribution in [0, 0.1) is 11.3 Å². The van der Waals surface area contributed by atoms with Gasteiger partial charge in [0.05, 0.1) is 18.6 Å². The van der Waals surface area contributed by atoms with Gasteiger partial charge in [-0.05, 0) is 61.9 Å². The molecule has 1 aliphatic rings. The minimum atomic E-state index is -0.369. The third-order valence-corrected chi connectivity index (χ3v) is 5.37. The largest absolute Gasteiger partial charge is 0.497 e. The van der Waals surface area contributed by atoms with Crippen molar-refractivity contribution in [2.45, 2.75) is 43.6 Å². The van der Waals surface area contributed by atoms with Gasteiger partial charge in [-0.2, -0.15) is 5.26 Å². The number of nitrogens with zero attached hydrogens (tertiary/aromatic N) is 1. The quantitative estimate of drug-likeness (QED) is 0.860. The Labute approximate surface area is 150 Å². The molecule has 0 heterocycles. The molecule has 2 aromatic carbocycles. The van der Waals surface area contributed by atoms with Crippen molar-refractivity contribution >= 4 is 0 Å². The van der Waals surface area contributed by atoms with Crippen LogP contribution in [-0.4, -0.2) is 19.7 Å². The summed E-state index contributed by atoms with van der Waals surface area (Å²) in [7, 11) is 1.67. The maximum absolute atomic E-state index is 9.86. The Morgan fingerprint density at radius 3 is 2.56 bits per heavy atom. The summed E-state index contributed by atoms with van der Waals surface area (Å²) in [6, 6.07) is 21.7. The number of nitrogens with one attached hydrogen (secondary N) is 1. The van der Waals surface area contributed by atoms with Gasteiger partial charge in [-0.25, -0.2) is 0 Å². The van der Waals surface area contributed by atoms with Crippen LogP contribution in [-0.2, 0) is 11.8 Å². The monoisotopic (exact) mass is 334 g/mol. The van der Waals surface area contributed by atoms with Crippen molar-refractivity contribution in [3.05, 3.63) is 65.7 Å². The summed E-state index contributed by atoms with van der Waals surface area (Å²) in [5, 5.41) is 13.5. The summed E-state index contributed by atoms with van der Waals surface area (Å²) in [4.78, 5) is 0. The molecule has 130 valence electrons. The van der Waals surface area contributed by atoms with Crippen LogP contribution in [0.4, 0.5) is 0 Å². The molecule has 0 unspecified atom stereocenters. The highest BCUT2D eigenvalue weighted by atomic mass is 16.5. The molecule has 1 N–H and O–H groups in total. The highest BCUT2D eigenvalue weighted by molar-refractivity contribution is 5.38. The van der Waals surface area contributed by atoms with E-state index in [1.807, 2.05) is 18.2 Å². The Balaban J connectivity index is 1.55. The number of methoxy groups -OCH3 is 1. The highest BCUT2D eigenvalue weighted by Crippen LogP contribution is 2.40. The summed E-state index contributed by atoms with van der Waals surface area (Å²) in [5.41, 5.74) is 2.09. The van der Waals surface area contributed by atoms with Gasteiger partial charge in [-0.3, -0.25) is 0 Å². The van der Waals surface area contributed by atoms with E-state index in [1.165, 1.54) is 5.56 Å². The molecule has 0 bridgehead atoms. The van der Waals surface area contributed by atoms with Crippen LogP contribution in [0.25, 0.3) is 0 Å². The van der Waals surface area contributed by atoms with Crippen molar-refractivity contribution in [2.75, 3.05) is 13.7 Å². The lowest BCUT2D eigenvalue weighted by molar-refractivity contribution is 0.296. The zero-order chi connectivity index (χ0) is 17.5. The third-order valence-electron chi connectivity index (χ3n) is 5.37. The average Bonchev–Trinajstić information content (AvgIpc) is 2.69. The van der Waals surface area contributed by atoms with Crippen molar-refractivity contribution in [1.29, 1.82) is 5.26 Å². The van der Waals surface area contributed by atoms with E-state index in [0.717, 1.165) is 50.0 Å². The first-order chi connectivity index (χ1) is 12.3. The first-order valence-electron chi connectivity index (χ1n) is 9.09. The van der Waals surface area contributed by atoms with Gasteiger partial charge in [0.2, 0.25) is 0 Å². The van der Waals surface area contributed by atoms with E-state index in [9.17, 15) is 5.26 Å². The van der Waals surface area contributed by atoms with E-state index in [0.29, 0.717) is 6.04 Å². The predicted octanol–water partition coefficient (Wildman–Crippen LogP) is 4.23. The Bertz CT molecular complexity index is 712. The lowest BCUT2D eigenvalue weighted by Gasteiger charge is -2.36. The molecule has 0 radical (unpaired) electrons. The lowest BCUT2D eigenvalue weighted by Crippen LogP contribution is -2.39. The Morgan fingerprint density at radius 1 is 1.12 bits per heavy atom. The fraction of sp³-hybridized carbons (Fsp3) is 0.409. The van der Waals surface area contributed by atoms with Crippen molar-refractivity contribution in [3.8, 4) is 11.8 Å². The summed E-state index contributed by atoms with van der Waals surface area (Å²) < 4.78 is 5.33. The average molecular weight is 334 g/mol. The molecular formula is C22H26N2O. The topological polar surface area (TPSA) is 45.0 Å². The molecule has 3 rings (SSSR count). The van der Waals surface area contributed by atoms with Gasteiger partial charge >= 0.3 is 0 Å². The first kappa shape index (κ1) is 17.5. The third kappa shape index (κ3) is 4.21. The smallest absolute Gasteiger partial charge is 0.119 e. The minimum Gasteiger partial charge on any atom is -0.497 e. The second-order valence-electron chi connectivity index (χ2n) is 6.89. The molecule has 3 nitrogen and oxygen atoms in total. The molecule has 0 atom stereocenters. The van der Waals surface area contributed by atoms with Gasteiger partial charge in [0.25, 0.3) is 0 Å². The summed E-state index contributed by atoms with van der Waals surface area (Å²) in [6.07, 6.45) is 4.94. The molecule has 2 aromatic rings. The Hall–Kier alpha value is -2.31. The molecular weight excluding hydrogens is 308 g/mol. The second kappa shape index (κ2) is 8.18. The van der Waals surface area contributed by atoms with E-state index < -0.39 is 0 Å². The van der Waals surface area contributed by atoms with Gasteiger partial charge in [0.1, 0.15) is 5.75 Å². The van der Waals surface area contributed by atoms with Crippen LogP contribution < -0.4 is 10.1 Å². The zero-order valence-electron chi connectivity index (χ0n) is 14.9. The molecule has 1 saturated carbocycles. The zero-order valence-corrected chi connectivity index (χ0v) is 14.9. The van der Waals surface area contributed by atoms with Crippen molar-refractivity contribution in [3.63, 3.8) is 0 Å². The molecule has 0 spiro atoms. The fourth-order valence-corrected chi connectivity index (χ4v) is 3.77. The van der Waals surface area contributed by atoms with Gasteiger partial charge in [0, 0.05) is 6.04 Å². The molecule has 0 saturated heterocycles. The molecule has 1 aliphatic carbocycles. The van der Waals surface area contributed by atoms with Crippen molar-refractivity contribution < 1.29 is 4.74 Å². The maximum Gasteiger partial charge on any atom is 0.119 e. The molecule has 0 aromatic heterocycles. The van der Waals surface area contributed by atoms with E-state index in [4.69, 9.17) is 4.74 Å². The minimum absolute atomic E-state index is 0.369. The van der Waals surface area contributed by atoms with Crippen LogP contribution in [0.15, 0.2) is 54.6 Å². The molecule has 0 aliphatic heterocycles. The normalized spacial score (nSPS) is 23.0. The van der Waals surface area contributed by atoms with Crippen LogP contribution >= 0.6 is 0 Å². The SMILES string of the molecule is COc1cccc([C@]2(C#N)CC[C@@H](NCCc3ccccc3)CC2)c1. The molecule has 25 heavy (non-hydrogen) atoms. The summed E-state index contributed by atoms with van der Waals surface area (Å²) in [5.74, 6) is 0.829. The van der Waals surface area contributed by atoms with E-state index in [2.05, 4.69) is 47.8 Å². The number of nitriles is 1. The molecule has 0 amide bonds. The van der Waals surface area contributed by atoms with Gasteiger partial charge in [-0.1, -0.05) is 42.5 Å². The van der Waals surface area contributed by atoms with Gasteiger partial charge < -0.3 is 10.1 Å². The second-order valence-corrected chi connectivity index (χ2v) is 6.89. The number of rotatable bonds is 6. The Morgan fingerprint density at radius 2 is 1.88 bits per heavy atom.